The zero-order chi connectivity index (χ0) is 21.5. The number of carbonyl (C=O) groups excluding carboxylic acids is 1. The molecule has 0 saturated heterocycles. The summed E-state index contributed by atoms with van der Waals surface area (Å²) in [6.07, 6.45) is 1.00. The molecular weight excluding hydrogens is 409 g/mol. The topological polar surface area (TPSA) is 102 Å². The molecule has 0 fully saturated rings. The van der Waals surface area contributed by atoms with Crippen LogP contribution in [0.15, 0.2) is 64.0 Å². The normalized spacial score (nSPS) is 11.6. The Bertz CT molecular complexity index is 1380. The predicted octanol–water partition coefficient (Wildman–Crippen LogP) is 3.99. The van der Waals surface area contributed by atoms with E-state index in [1.807, 2.05) is 30.3 Å². The molecule has 0 saturated carbocycles. The van der Waals surface area contributed by atoms with E-state index in [-0.39, 0.29) is 21.9 Å². The van der Waals surface area contributed by atoms with E-state index in [0.717, 1.165) is 30.0 Å². The number of benzene rings is 2. The number of aryl methyl sites for hydroxylation is 1. The van der Waals surface area contributed by atoms with Gasteiger partial charge in [-0.1, -0.05) is 35.5 Å². The highest BCUT2D eigenvalue weighted by Crippen LogP contribution is 2.28. The first-order valence-corrected chi connectivity index (χ1v) is 10.8. The highest BCUT2D eigenvalue weighted by molar-refractivity contribution is 7.90. The number of hydrogen-bond acceptors (Lipinski definition) is 6. The molecule has 1 N–H and O–H groups in total. The van der Waals surface area contributed by atoms with E-state index in [1.165, 1.54) is 0 Å². The molecule has 0 aliphatic rings. The molecule has 1 amide bonds. The van der Waals surface area contributed by atoms with Gasteiger partial charge in [-0.05, 0) is 31.2 Å². The fourth-order valence-electron chi connectivity index (χ4n) is 3.05. The number of pyridine rings is 1. The summed E-state index contributed by atoms with van der Waals surface area (Å²) in [7, 11) is -3.57. The molecule has 152 valence electrons. The molecule has 0 atom stereocenters. The molecule has 0 spiro atoms. The summed E-state index contributed by atoms with van der Waals surface area (Å²) < 4.78 is 43.1. The largest absolute Gasteiger partial charge is 0.335 e. The fourth-order valence-corrected chi connectivity index (χ4v) is 3.70. The first kappa shape index (κ1) is 19.7. The molecule has 30 heavy (non-hydrogen) atoms. The van der Waals surface area contributed by atoms with Crippen molar-refractivity contribution in [1.29, 1.82) is 0 Å². The molecule has 0 bridgehead atoms. The monoisotopic (exact) mass is 425 g/mol. The first-order valence-electron chi connectivity index (χ1n) is 8.87. The number of hydrogen-bond donors (Lipinski definition) is 1. The lowest BCUT2D eigenvalue weighted by molar-refractivity contribution is 0.102. The van der Waals surface area contributed by atoms with Gasteiger partial charge in [-0.15, -0.1) is 0 Å². The summed E-state index contributed by atoms with van der Waals surface area (Å²) in [6.45, 7) is 1.66. The Kier molecular flexibility index (Phi) is 4.83. The lowest BCUT2D eigenvalue weighted by atomic mass is 10.0. The summed E-state index contributed by atoms with van der Waals surface area (Å²) in [4.78, 5) is 17.4. The van der Waals surface area contributed by atoms with Crippen molar-refractivity contribution in [1.82, 2.24) is 10.1 Å². The van der Waals surface area contributed by atoms with Gasteiger partial charge in [-0.3, -0.25) is 4.79 Å². The van der Waals surface area contributed by atoms with E-state index in [0.29, 0.717) is 16.8 Å². The van der Waals surface area contributed by atoms with Gasteiger partial charge >= 0.3 is 0 Å². The van der Waals surface area contributed by atoms with Crippen LogP contribution in [0.3, 0.4) is 0 Å². The molecule has 0 aliphatic heterocycles. The summed E-state index contributed by atoms with van der Waals surface area (Å²) >= 11 is 0. The van der Waals surface area contributed by atoms with Crippen molar-refractivity contribution in [2.75, 3.05) is 11.6 Å². The van der Waals surface area contributed by atoms with Crippen molar-refractivity contribution in [2.45, 2.75) is 11.8 Å². The van der Waals surface area contributed by atoms with Crippen LogP contribution in [0.4, 0.5) is 10.1 Å². The molecule has 7 nitrogen and oxygen atoms in total. The third-order valence-electron chi connectivity index (χ3n) is 4.55. The minimum atomic E-state index is -3.57. The van der Waals surface area contributed by atoms with Crippen molar-refractivity contribution in [3.05, 3.63) is 71.7 Å². The van der Waals surface area contributed by atoms with Crippen LogP contribution in [-0.2, 0) is 9.84 Å². The number of rotatable bonds is 4. The average Bonchev–Trinajstić information content (AvgIpc) is 3.09. The number of carbonyl (C=O) groups is 1. The minimum Gasteiger partial charge on any atom is -0.335 e. The van der Waals surface area contributed by atoms with Crippen LogP contribution in [0.5, 0.6) is 0 Å². The van der Waals surface area contributed by atoms with Crippen LogP contribution in [-0.4, -0.2) is 30.7 Å². The third-order valence-corrected chi connectivity index (χ3v) is 5.66. The standard InChI is InChI=1S/C21H16FN3O4S/c1-12-19-15(11-17(24-21(19)29-25-12)13-6-4-3-5-7-13)20(26)23-18-10-14(30(2,27)28)8-9-16(18)22/h3-11H,1-2H3,(H,23,26). The quantitative estimate of drug-likeness (QED) is 0.496. The number of fused-ring (bicyclic) bond motifs is 1. The molecular formula is C21H16FN3O4S. The molecule has 9 heteroatoms. The van der Waals surface area contributed by atoms with Crippen LogP contribution in [0.25, 0.3) is 22.4 Å². The highest BCUT2D eigenvalue weighted by atomic mass is 32.2. The van der Waals surface area contributed by atoms with Crippen molar-refractivity contribution in [2.24, 2.45) is 0 Å². The molecule has 2 aromatic heterocycles. The molecule has 0 radical (unpaired) electrons. The van der Waals surface area contributed by atoms with Gasteiger partial charge in [0.15, 0.2) is 9.84 Å². The van der Waals surface area contributed by atoms with Gasteiger partial charge in [0.2, 0.25) is 0 Å². The predicted molar refractivity (Wildman–Crippen MR) is 109 cm³/mol. The Hall–Kier alpha value is -3.59. The van der Waals surface area contributed by atoms with Crippen molar-refractivity contribution in [3.8, 4) is 11.3 Å². The second-order valence-corrected chi connectivity index (χ2v) is 8.75. The van der Waals surface area contributed by atoms with E-state index in [4.69, 9.17) is 4.52 Å². The number of amides is 1. The smallest absolute Gasteiger partial charge is 0.259 e. The van der Waals surface area contributed by atoms with Gasteiger partial charge in [0.25, 0.3) is 11.6 Å². The molecule has 4 aromatic rings. The second kappa shape index (κ2) is 7.34. The van der Waals surface area contributed by atoms with E-state index >= 15 is 0 Å². The van der Waals surface area contributed by atoms with E-state index < -0.39 is 21.6 Å². The number of aromatic nitrogens is 2. The maximum absolute atomic E-state index is 14.3. The lowest BCUT2D eigenvalue weighted by Gasteiger charge is -2.10. The maximum Gasteiger partial charge on any atom is 0.259 e. The van der Waals surface area contributed by atoms with Crippen LogP contribution in [0.2, 0.25) is 0 Å². The molecule has 2 aromatic carbocycles. The zero-order valence-corrected chi connectivity index (χ0v) is 16.8. The van der Waals surface area contributed by atoms with Crippen LogP contribution in [0.1, 0.15) is 16.1 Å². The van der Waals surface area contributed by atoms with E-state index in [2.05, 4.69) is 15.5 Å². The number of anilines is 1. The van der Waals surface area contributed by atoms with E-state index in [9.17, 15) is 17.6 Å². The molecule has 0 aliphatic carbocycles. The zero-order valence-electron chi connectivity index (χ0n) is 16.0. The Labute approximate surface area is 171 Å². The minimum absolute atomic E-state index is 0.106. The van der Waals surface area contributed by atoms with Gasteiger partial charge in [-0.2, -0.15) is 0 Å². The summed E-state index contributed by atoms with van der Waals surface area (Å²) in [5.41, 5.74) is 1.80. The van der Waals surface area contributed by atoms with Crippen LogP contribution in [0, 0.1) is 12.7 Å². The highest BCUT2D eigenvalue weighted by Gasteiger charge is 2.21. The van der Waals surface area contributed by atoms with Crippen LogP contribution >= 0.6 is 0 Å². The fraction of sp³-hybridized carbons (Fsp3) is 0.0952. The van der Waals surface area contributed by atoms with Crippen molar-refractivity contribution < 1.29 is 22.1 Å². The van der Waals surface area contributed by atoms with Crippen molar-refractivity contribution in [3.63, 3.8) is 0 Å². The van der Waals surface area contributed by atoms with Gasteiger partial charge in [0, 0.05) is 11.8 Å². The number of halogens is 1. The van der Waals surface area contributed by atoms with Gasteiger partial charge in [0.05, 0.1) is 32.9 Å². The number of nitrogens with zero attached hydrogens (tertiary/aromatic N) is 2. The lowest BCUT2D eigenvalue weighted by Crippen LogP contribution is -2.15. The maximum atomic E-state index is 14.3. The Morgan fingerprint density at radius 3 is 2.53 bits per heavy atom. The first-order chi connectivity index (χ1) is 14.2. The Balaban J connectivity index is 1.81. The van der Waals surface area contributed by atoms with E-state index in [1.54, 1.807) is 13.0 Å². The van der Waals surface area contributed by atoms with Gasteiger partial charge < -0.3 is 9.84 Å². The summed E-state index contributed by atoms with van der Waals surface area (Å²) in [5.74, 6) is -1.40. The van der Waals surface area contributed by atoms with Crippen molar-refractivity contribution >= 4 is 32.5 Å². The third kappa shape index (κ3) is 3.67. The second-order valence-electron chi connectivity index (χ2n) is 6.74. The summed E-state index contributed by atoms with van der Waals surface area (Å²) in [5, 5.41) is 6.72. The molecule has 4 rings (SSSR count). The van der Waals surface area contributed by atoms with Gasteiger partial charge in [0.1, 0.15) is 5.82 Å². The van der Waals surface area contributed by atoms with Crippen LogP contribution < -0.4 is 5.32 Å². The summed E-state index contributed by atoms with van der Waals surface area (Å²) in [6, 6.07) is 14.0. The Morgan fingerprint density at radius 2 is 1.83 bits per heavy atom. The SMILES string of the molecule is Cc1noc2nc(-c3ccccc3)cc(C(=O)Nc3cc(S(C)(=O)=O)ccc3F)c12. The molecule has 0 unspecified atom stereocenters. The number of sulfone groups is 1. The Morgan fingerprint density at radius 1 is 1.10 bits per heavy atom. The number of nitrogens with one attached hydrogen (secondary N) is 1. The molecule has 2 heterocycles. The van der Waals surface area contributed by atoms with Gasteiger partial charge in [-0.25, -0.2) is 17.8 Å². The average molecular weight is 425 g/mol.